The van der Waals surface area contributed by atoms with Crippen molar-refractivity contribution in [2.24, 2.45) is 0 Å². The summed E-state index contributed by atoms with van der Waals surface area (Å²) in [4.78, 5) is 14.7. The molecular weight excluding hydrogens is 172 g/mol. The molecule has 0 heterocycles. The molecule has 0 aliphatic carbocycles. The highest BCUT2D eigenvalue weighted by atomic mass is 16.6. The Kier molecular flexibility index (Phi) is 5.75. The maximum Gasteiger partial charge on any atom is 0.246 e. The van der Waals surface area contributed by atoms with Crippen LogP contribution in [0.1, 0.15) is 20.3 Å². The third kappa shape index (κ3) is 5.10. The molecule has 0 unspecified atom stereocenters. The van der Waals surface area contributed by atoms with Crippen molar-refractivity contribution in [1.29, 1.82) is 0 Å². The van der Waals surface area contributed by atoms with Crippen LogP contribution in [0.2, 0.25) is 0 Å². The molecule has 13 heavy (non-hydrogen) atoms. The van der Waals surface area contributed by atoms with Crippen LogP contribution >= 0.6 is 0 Å². The molecule has 0 aromatic carbocycles. The Morgan fingerprint density at radius 2 is 2.31 bits per heavy atom. The summed E-state index contributed by atoms with van der Waals surface area (Å²) < 4.78 is 0. The van der Waals surface area contributed by atoms with Gasteiger partial charge in [0.2, 0.25) is 5.70 Å². The summed E-state index contributed by atoms with van der Waals surface area (Å²) in [6.45, 7) is 3.54. The van der Waals surface area contributed by atoms with Gasteiger partial charge in [0.05, 0.1) is 12.0 Å². The van der Waals surface area contributed by atoms with E-state index in [1.807, 2.05) is 0 Å². The zero-order valence-corrected chi connectivity index (χ0v) is 8.11. The number of hydroxylamine groups is 1. The summed E-state index contributed by atoms with van der Waals surface area (Å²) in [5.41, 5.74) is 2.49. The molecule has 0 saturated heterocycles. The van der Waals surface area contributed by atoms with E-state index in [9.17, 15) is 10.1 Å². The van der Waals surface area contributed by atoms with E-state index >= 15 is 0 Å². The highest BCUT2D eigenvalue weighted by Gasteiger charge is 2.06. The number of quaternary nitrogens is 1. The molecule has 0 atom stereocenters. The molecule has 0 aliphatic heterocycles. The molecule has 0 amide bonds. The second-order valence-electron chi connectivity index (χ2n) is 2.53. The normalized spacial score (nSPS) is 13.2. The van der Waals surface area contributed by atoms with E-state index in [4.69, 9.17) is 0 Å². The number of hydrogen-bond donors (Lipinski definition) is 1. The third-order valence-electron chi connectivity index (χ3n) is 1.46. The molecule has 74 valence electrons. The molecule has 0 aromatic heterocycles. The van der Waals surface area contributed by atoms with E-state index < -0.39 is 0 Å². The van der Waals surface area contributed by atoms with Gasteiger partial charge in [0.25, 0.3) is 0 Å². The zero-order chi connectivity index (χ0) is 10.3. The summed E-state index contributed by atoms with van der Waals surface area (Å²) in [6.07, 6.45) is 3.64. The first-order valence-electron chi connectivity index (χ1n) is 3.99. The number of nitrogens with two attached hydrogens (primary N) is 1. The Labute approximate surface area is 77.2 Å². The standard InChI is InChI=1S/C8H14N2O3/c1-4-8(10(11)12)5-7(2)6-9-13-3/h5-6,9H,4H2,1-3H3/p+1/b7-6-,8-5+. The van der Waals surface area contributed by atoms with E-state index in [1.54, 1.807) is 20.0 Å². The minimum Gasteiger partial charge on any atom is -0.259 e. The quantitative estimate of drug-likeness (QED) is 0.389. The molecule has 0 spiro atoms. The fourth-order valence-corrected chi connectivity index (χ4v) is 0.770. The highest BCUT2D eigenvalue weighted by Crippen LogP contribution is 2.05. The van der Waals surface area contributed by atoms with Crippen LogP contribution in [0.4, 0.5) is 0 Å². The van der Waals surface area contributed by atoms with Crippen molar-refractivity contribution in [1.82, 2.24) is 0 Å². The van der Waals surface area contributed by atoms with Crippen LogP contribution in [0.5, 0.6) is 0 Å². The van der Waals surface area contributed by atoms with Crippen LogP contribution in [0.25, 0.3) is 0 Å². The van der Waals surface area contributed by atoms with Gasteiger partial charge in [-0.05, 0) is 6.92 Å². The fourth-order valence-electron chi connectivity index (χ4n) is 0.770. The smallest absolute Gasteiger partial charge is 0.246 e. The van der Waals surface area contributed by atoms with Crippen LogP contribution in [-0.4, -0.2) is 12.0 Å². The summed E-state index contributed by atoms with van der Waals surface area (Å²) in [6, 6.07) is 0. The van der Waals surface area contributed by atoms with E-state index in [0.29, 0.717) is 6.42 Å². The number of allylic oxidation sites excluding steroid dienone is 3. The molecule has 0 fully saturated rings. The first-order chi connectivity index (χ1) is 6.11. The third-order valence-corrected chi connectivity index (χ3v) is 1.46. The van der Waals surface area contributed by atoms with Crippen molar-refractivity contribution in [2.45, 2.75) is 20.3 Å². The topological polar surface area (TPSA) is 69.0 Å². The van der Waals surface area contributed by atoms with Gasteiger partial charge < -0.3 is 0 Å². The minimum atomic E-state index is -0.371. The second-order valence-corrected chi connectivity index (χ2v) is 2.53. The van der Waals surface area contributed by atoms with Crippen molar-refractivity contribution >= 4 is 0 Å². The molecule has 0 bridgehead atoms. The van der Waals surface area contributed by atoms with Gasteiger partial charge in [-0.15, -0.1) is 0 Å². The lowest BCUT2D eigenvalue weighted by Gasteiger charge is -1.93. The molecular formula is C8H15N2O3+. The SMILES string of the molecule is CC/C(=C\C(C)=C/[NH2+]OC)[N+](=O)[O-]. The van der Waals surface area contributed by atoms with E-state index in [1.165, 1.54) is 18.7 Å². The van der Waals surface area contributed by atoms with Gasteiger partial charge in [-0.3, -0.25) is 10.1 Å². The maximum atomic E-state index is 10.4. The average Bonchev–Trinajstić information content (AvgIpc) is 2.10. The molecule has 0 saturated carbocycles. The van der Waals surface area contributed by atoms with E-state index in [-0.39, 0.29) is 10.6 Å². The van der Waals surface area contributed by atoms with Crippen molar-refractivity contribution in [2.75, 3.05) is 7.11 Å². The minimum absolute atomic E-state index is 0.207. The maximum absolute atomic E-state index is 10.4. The first-order valence-corrected chi connectivity index (χ1v) is 3.99. The largest absolute Gasteiger partial charge is 0.259 e. The van der Waals surface area contributed by atoms with Crippen LogP contribution in [-0.2, 0) is 4.84 Å². The fraction of sp³-hybridized carbons (Fsp3) is 0.500. The Bertz CT molecular complexity index is 234. The summed E-state index contributed by atoms with van der Waals surface area (Å²) in [5.74, 6) is 0. The Hall–Kier alpha value is -1.20. The molecule has 5 nitrogen and oxygen atoms in total. The van der Waals surface area contributed by atoms with Crippen LogP contribution in [0.15, 0.2) is 23.5 Å². The Morgan fingerprint density at radius 1 is 1.69 bits per heavy atom. The Morgan fingerprint density at radius 3 is 2.69 bits per heavy atom. The van der Waals surface area contributed by atoms with Crippen LogP contribution < -0.4 is 5.48 Å². The highest BCUT2D eigenvalue weighted by molar-refractivity contribution is 5.15. The van der Waals surface area contributed by atoms with E-state index in [0.717, 1.165) is 5.57 Å². The van der Waals surface area contributed by atoms with Crippen molar-refractivity contribution < 1.29 is 15.2 Å². The van der Waals surface area contributed by atoms with Crippen molar-refractivity contribution in [3.8, 4) is 0 Å². The summed E-state index contributed by atoms with van der Waals surface area (Å²) in [7, 11) is 1.53. The second kappa shape index (κ2) is 6.33. The predicted molar refractivity (Wildman–Crippen MR) is 48.1 cm³/mol. The number of nitrogens with zero attached hydrogens (tertiary/aromatic N) is 1. The molecule has 5 heteroatoms. The number of nitro groups is 1. The van der Waals surface area contributed by atoms with Gasteiger partial charge >= 0.3 is 0 Å². The van der Waals surface area contributed by atoms with Gasteiger partial charge in [0, 0.05) is 18.1 Å². The van der Waals surface area contributed by atoms with Gasteiger partial charge in [-0.2, -0.15) is 5.48 Å². The van der Waals surface area contributed by atoms with E-state index in [2.05, 4.69) is 4.84 Å². The molecule has 0 aliphatic rings. The lowest BCUT2D eigenvalue weighted by molar-refractivity contribution is -0.842. The molecule has 0 aromatic rings. The lowest BCUT2D eigenvalue weighted by atomic mass is 10.2. The number of hydrogen-bond acceptors (Lipinski definition) is 3. The molecule has 2 N–H and O–H groups in total. The molecule has 0 radical (unpaired) electrons. The zero-order valence-electron chi connectivity index (χ0n) is 8.11. The van der Waals surface area contributed by atoms with Gasteiger partial charge in [0.1, 0.15) is 6.20 Å². The van der Waals surface area contributed by atoms with Gasteiger partial charge in [-0.1, -0.05) is 6.92 Å². The van der Waals surface area contributed by atoms with Gasteiger partial charge in [0.15, 0.2) is 0 Å². The van der Waals surface area contributed by atoms with Crippen LogP contribution in [0, 0.1) is 10.1 Å². The lowest BCUT2D eigenvalue weighted by Crippen LogP contribution is -2.76. The Balaban J connectivity index is 4.41. The first kappa shape index (κ1) is 11.8. The monoisotopic (exact) mass is 187 g/mol. The van der Waals surface area contributed by atoms with Crippen LogP contribution in [0.3, 0.4) is 0 Å². The number of rotatable bonds is 5. The van der Waals surface area contributed by atoms with Crippen molar-refractivity contribution in [3.05, 3.63) is 33.7 Å². The summed E-state index contributed by atoms with van der Waals surface area (Å²) in [5, 5.41) is 10.4. The summed E-state index contributed by atoms with van der Waals surface area (Å²) >= 11 is 0. The predicted octanol–water partition coefficient (Wildman–Crippen LogP) is 0.586. The van der Waals surface area contributed by atoms with Crippen molar-refractivity contribution in [3.63, 3.8) is 0 Å². The van der Waals surface area contributed by atoms with Gasteiger partial charge in [-0.25, -0.2) is 4.84 Å². The molecule has 0 rings (SSSR count). The average molecular weight is 187 g/mol.